The van der Waals surface area contributed by atoms with Crippen LogP contribution in [0.4, 0.5) is 0 Å². The summed E-state index contributed by atoms with van der Waals surface area (Å²) in [6.45, 7) is 4.23. The fourth-order valence-electron chi connectivity index (χ4n) is 2.03. The first-order valence-corrected chi connectivity index (χ1v) is 4.91. The molecule has 0 heterocycles. The van der Waals surface area contributed by atoms with Crippen LogP contribution in [0.1, 0.15) is 26.7 Å². The van der Waals surface area contributed by atoms with E-state index in [1.807, 2.05) is 0 Å². The van der Waals surface area contributed by atoms with Gasteiger partial charge in [-0.15, -0.1) is 0 Å². The minimum atomic E-state index is -0.433. The number of hydrogen-bond acceptors (Lipinski definition) is 3. The van der Waals surface area contributed by atoms with Gasteiger partial charge in [-0.2, -0.15) is 0 Å². The Bertz CT molecular complexity index is 185. The van der Waals surface area contributed by atoms with Gasteiger partial charge in [0.1, 0.15) is 6.04 Å². The zero-order valence-electron chi connectivity index (χ0n) is 8.62. The second-order valence-electron chi connectivity index (χ2n) is 4.21. The molecule has 1 saturated carbocycles. The summed E-state index contributed by atoms with van der Waals surface area (Å²) in [6, 6.07) is -0.433. The highest BCUT2D eigenvalue weighted by molar-refractivity contribution is 5.75. The van der Waals surface area contributed by atoms with Gasteiger partial charge in [0, 0.05) is 0 Å². The second-order valence-corrected chi connectivity index (χ2v) is 4.21. The molecule has 3 heteroatoms. The number of ether oxygens (including phenoxy) is 1. The summed E-state index contributed by atoms with van der Waals surface area (Å²) in [5.74, 6) is 1.13. The summed E-state index contributed by atoms with van der Waals surface area (Å²) in [4.78, 5) is 11.2. The molecule has 0 spiro atoms. The van der Waals surface area contributed by atoms with Crippen molar-refractivity contribution in [1.29, 1.82) is 0 Å². The van der Waals surface area contributed by atoms with Crippen molar-refractivity contribution in [3.05, 3.63) is 0 Å². The molecule has 1 aliphatic rings. The van der Waals surface area contributed by atoms with Crippen molar-refractivity contribution in [3.63, 3.8) is 0 Å². The fraction of sp³-hybridized carbons (Fsp3) is 0.900. The molecule has 3 nitrogen and oxygen atoms in total. The van der Waals surface area contributed by atoms with E-state index in [4.69, 9.17) is 5.73 Å². The van der Waals surface area contributed by atoms with Crippen LogP contribution < -0.4 is 5.73 Å². The Labute approximate surface area is 79.6 Å². The Morgan fingerprint density at radius 2 is 2.00 bits per heavy atom. The van der Waals surface area contributed by atoms with Gasteiger partial charge in [0.2, 0.25) is 0 Å². The van der Waals surface area contributed by atoms with E-state index in [1.54, 1.807) is 0 Å². The molecular weight excluding hydrogens is 166 g/mol. The third-order valence-corrected chi connectivity index (χ3v) is 2.82. The lowest BCUT2D eigenvalue weighted by molar-refractivity contribution is -0.144. The van der Waals surface area contributed by atoms with Gasteiger partial charge in [-0.3, -0.25) is 4.79 Å². The van der Waals surface area contributed by atoms with Crippen LogP contribution in [0.5, 0.6) is 0 Å². The van der Waals surface area contributed by atoms with Crippen LogP contribution in [0.3, 0.4) is 0 Å². The van der Waals surface area contributed by atoms with Crippen molar-refractivity contribution in [2.75, 3.05) is 7.11 Å². The summed E-state index contributed by atoms with van der Waals surface area (Å²) in [7, 11) is 1.40. The molecule has 0 amide bonds. The molecule has 0 aromatic heterocycles. The Morgan fingerprint density at radius 3 is 2.31 bits per heavy atom. The number of carbonyl (C=O) groups is 1. The van der Waals surface area contributed by atoms with Gasteiger partial charge in [0.05, 0.1) is 7.11 Å². The summed E-state index contributed by atoms with van der Waals surface area (Å²) >= 11 is 0. The van der Waals surface area contributed by atoms with Crippen LogP contribution in [0.15, 0.2) is 0 Å². The molecule has 0 radical (unpaired) electrons. The molecule has 0 aromatic rings. The minimum Gasteiger partial charge on any atom is -0.468 e. The van der Waals surface area contributed by atoms with Gasteiger partial charge in [-0.05, 0) is 30.6 Å². The van der Waals surface area contributed by atoms with E-state index < -0.39 is 6.04 Å². The highest BCUT2D eigenvalue weighted by atomic mass is 16.5. The van der Waals surface area contributed by atoms with Crippen molar-refractivity contribution in [2.24, 2.45) is 23.5 Å². The van der Waals surface area contributed by atoms with Crippen LogP contribution in [-0.4, -0.2) is 19.1 Å². The maximum absolute atomic E-state index is 11.2. The number of rotatable bonds is 4. The summed E-state index contributed by atoms with van der Waals surface area (Å²) < 4.78 is 4.66. The predicted octanol–water partition coefficient (Wildman–Crippen LogP) is 1.17. The number of nitrogens with two attached hydrogens (primary N) is 1. The number of methoxy groups -OCH3 is 1. The lowest BCUT2D eigenvalue weighted by atomic mass is 9.85. The summed E-state index contributed by atoms with van der Waals surface area (Å²) in [6.07, 6.45) is 2.43. The van der Waals surface area contributed by atoms with E-state index in [2.05, 4.69) is 18.6 Å². The van der Waals surface area contributed by atoms with Crippen LogP contribution in [0.2, 0.25) is 0 Å². The topological polar surface area (TPSA) is 52.3 Å². The molecule has 0 aliphatic heterocycles. The van der Waals surface area contributed by atoms with Crippen molar-refractivity contribution >= 4 is 5.97 Å². The maximum Gasteiger partial charge on any atom is 0.322 e. The summed E-state index contributed by atoms with van der Waals surface area (Å²) in [5, 5.41) is 0. The van der Waals surface area contributed by atoms with E-state index in [0.717, 1.165) is 0 Å². The average Bonchev–Trinajstić information content (AvgIpc) is 2.86. The highest BCUT2D eigenvalue weighted by Gasteiger charge is 2.39. The smallest absolute Gasteiger partial charge is 0.322 e. The van der Waals surface area contributed by atoms with Crippen molar-refractivity contribution in [3.8, 4) is 0 Å². The molecular formula is C10H19NO2. The van der Waals surface area contributed by atoms with E-state index in [9.17, 15) is 4.79 Å². The Morgan fingerprint density at radius 1 is 1.46 bits per heavy atom. The van der Waals surface area contributed by atoms with Crippen molar-refractivity contribution < 1.29 is 9.53 Å². The van der Waals surface area contributed by atoms with E-state index in [1.165, 1.54) is 20.0 Å². The molecule has 1 rings (SSSR count). The highest BCUT2D eigenvalue weighted by Crippen LogP contribution is 2.41. The van der Waals surface area contributed by atoms with E-state index >= 15 is 0 Å². The molecule has 2 N–H and O–H groups in total. The molecule has 0 aromatic carbocycles. The van der Waals surface area contributed by atoms with E-state index in [-0.39, 0.29) is 5.97 Å². The third-order valence-electron chi connectivity index (χ3n) is 2.82. The van der Waals surface area contributed by atoms with Gasteiger partial charge < -0.3 is 10.5 Å². The second kappa shape index (κ2) is 4.09. The van der Waals surface area contributed by atoms with Crippen molar-refractivity contribution in [2.45, 2.75) is 32.7 Å². The Kier molecular flexibility index (Phi) is 3.31. The molecule has 2 unspecified atom stereocenters. The zero-order valence-corrected chi connectivity index (χ0v) is 8.62. The molecule has 1 aliphatic carbocycles. The zero-order chi connectivity index (χ0) is 10.0. The molecule has 0 bridgehead atoms. The first kappa shape index (κ1) is 10.5. The number of esters is 1. The lowest BCUT2D eigenvalue weighted by Gasteiger charge is -2.25. The van der Waals surface area contributed by atoms with Crippen LogP contribution in [0.25, 0.3) is 0 Å². The van der Waals surface area contributed by atoms with E-state index in [0.29, 0.717) is 17.8 Å². The standard InChI is InChI=1S/C10H19NO2/c1-6(2)8(7-4-5-7)9(11)10(12)13-3/h6-9H,4-5,11H2,1-3H3. The summed E-state index contributed by atoms with van der Waals surface area (Å²) in [5.41, 5.74) is 5.84. The van der Waals surface area contributed by atoms with Gasteiger partial charge in [0.15, 0.2) is 0 Å². The van der Waals surface area contributed by atoms with Gasteiger partial charge in [0.25, 0.3) is 0 Å². The Hall–Kier alpha value is -0.570. The minimum absolute atomic E-state index is 0.273. The van der Waals surface area contributed by atoms with Crippen molar-refractivity contribution in [1.82, 2.24) is 0 Å². The monoisotopic (exact) mass is 185 g/mol. The molecule has 1 fully saturated rings. The predicted molar refractivity (Wildman–Crippen MR) is 51.0 cm³/mol. The maximum atomic E-state index is 11.2. The first-order chi connectivity index (χ1) is 6.07. The van der Waals surface area contributed by atoms with Crippen LogP contribution in [0, 0.1) is 17.8 Å². The van der Waals surface area contributed by atoms with Gasteiger partial charge >= 0.3 is 5.97 Å². The van der Waals surface area contributed by atoms with Gasteiger partial charge in [-0.25, -0.2) is 0 Å². The molecule has 2 atom stereocenters. The quantitative estimate of drug-likeness (QED) is 0.669. The SMILES string of the molecule is COC(=O)C(N)C(C(C)C)C1CC1. The molecule has 0 saturated heterocycles. The molecule has 76 valence electrons. The average molecular weight is 185 g/mol. The fourth-order valence-corrected chi connectivity index (χ4v) is 2.03. The molecule has 13 heavy (non-hydrogen) atoms. The van der Waals surface area contributed by atoms with Crippen LogP contribution in [-0.2, 0) is 9.53 Å². The largest absolute Gasteiger partial charge is 0.468 e. The third kappa shape index (κ3) is 2.44. The number of hydrogen-bond donors (Lipinski definition) is 1. The van der Waals surface area contributed by atoms with Gasteiger partial charge in [-0.1, -0.05) is 13.8 Å². The Balaban J connectivity index is 2.57. The normalized spacial score (nSPS) is 21.3. The van der Waals surface area contributed by atoms with Crippen LogP contribution >= 0.6 is 0 Å². The first-order valence-electron chi connectivity index (χ1n) is 4.91. The number of carbonyl (C=O) groups excluding carboxylic acids is 1. The lowest BCUT2D eigenvalue weighted by Crippen LogP contribution is -2.42.